The third-order valence-electron chi connectivity index (χ3n) is 4.70. The summed E-state index contributed by atoms with van der Waals surface area (Å²) in [6.45, 7) is 3.81. The molecule has 0 aliphatic carbocycles. The van der Waals surface area contributed by atoms with Crippen molar-refractivity contribution in [2.75, 3.05) is 5.32 Å². The number of nitro benzene ring substituents is 1. The fraction of sp³-hybridized carbons (Fsp3) is 0.0909. The van der Waals surface area contributed by atoms with Crippen LogP contribution in [-0.2, 0) is 4.79 Å². The van der Waals surface area contributed by atoms with Gasteiger partial charge in [0.05, 0.1) is 20.7 Å². The number of nitriles is 1. The second-order valence-electron chi connectivity index (χ2n) is 6.80. The van der Waals surface area contributed by atoms with Gasteiger partial charge in [-0.05, 0) is 55.8 Å². The largest absolute Gasteiger partial charge is 0.319 e. The molecule has 7 nitrogen and oxygen atoms in total. The maximum absolute atomic E-state index is 12.7. The summed E-state index contributed by atoms with van der Waals surface area (Å²) in [6, 6.07) is 13.7. The zero-order valence-corrected chi connectivity index (χ0v) is 19.9. The second-order valence-corrected chi connectivity index (χ2v) is 8.53. The Bertz CT molecular complexity index is 1280. The normalized spacial score (nSPS) is 11.2. The Labute approximate surface area is 202 Å². The Kier molecular flexibility index (Phi) is 7.04. The summed E-state index contributed by atoms with van der Waals surface area (Å²) < 4.78 is 2.96. The van der Waals surface area contributed by atoms with Crippen molar-refractivity contribution in [1.82, 2.24) is 4.57 Å². The van der Waals surface area contributed by atoms with Crippen LogP contribution in [0.4, 0.5) is 11.4 Å². The summed E-state index contributed by atoms with van der Waals surface area (Å²) in [5, 5.41) is 22.7. The van der Waals surface area contributed by atoms with Crippen molar-refractivity contribution < 1.29 is 9.72 Å². The molecule has 0 saturated carbocycles. The third kappa shape index (κ3) is 4.86. The van der Waals surface area contributed by atoms with Crippen LogP contribution in [0, 0.1) is 35.3 Å². The van der Waals surface area contributed by atoms with E-state index in [4.69, 9.17) is 23.2 Å². The van der Waals surface area contributed by atoms with E-state index in [1.165, 1.54) is 6.08 Å². The summed E-state index contributed by atoms with van der Waals surface area (Å²) in [5.74, 6) is -0.737. The molecule has 2 aromatic carbocycles. The number of aromatic nitrogens is 1. The van der Waals surface area contributed by atoms with Crippen LogP contribution in [0.3, 0.4) is 0 Å². The summed E-state index contributed by atoms with van der Waals surface area (Å²) in [6.07, 6.45) is 1.47. The SMILES string of the molecule is Cc1cc(/C=C(\C#N)C(=O)Nc2c(Cl)cc([N+](=O)[O-])cc2Cl)c(C)n1-c1ccc(Br)cc1. The molecule has 1 amide bonds. The predicted octanol–water partition coefficient (Wildman–Crippen LogP) is 6.62. The van der Waals surface area contributed by atoms with Crippen molar-refractivity contribution in [3.8, 4) is 11.8 Å². The van der Waals surface area contributed by atoms with Gasteiger partial charge in [-0.1, -0.05) is 39.1 Å². The maximum Gasteiger partial charge on any atom is 0.272 e. The lowest BCUT2D eigenvalue weighted by atomic mass is 10.1. The molecule has 0 saturated heterocycles. The molecule has 3 rings (SSSR count). The average Bonchev–Trinajstić information content (AvgIpc) is 3.02. The first-order chi connectivity index (χ1) is 15.1. The number of carbonyl (C=O) groups is 1. The van der Waals surface area contributed by atoms with Gasteiger partial charge in [-0.3, -0.25) is 14.9 Å². The minimum absolute atomic E-state index is 0.00887. The number of nitro groups is 1. The molecule has 162 valence electrons. The highest BCUT2D eigenvalue weighted by molar-refractivity contribution is 9.10. The molecular formula is C22H15BrCl2N4O3. The van der Waals surface area contributed by atoms with Crippen molar-refractivity contribution in [1.29, 1.82) is 5.26 Å². The minimum atomic E-state index is -0.737. The first-order valence-electron chi connectivity index (χ1n) is 9.14. The second kappa shape index (κ2) is 9.57. The zero-order valence-electron chi connectivity index (χ0n) is 16.8. The highest BCUT2D eigenvalue weighted by Crippen LogP contribution is 2.35. The molecule has 0 aliphatic heterocycles. The molecule has 0 radical (unpaired) electrons. The Hall–Kier alpha value is -3.12. The van der Waals surface area contributed by atoms with Gasteiger partial charge in [-0.15, -0.1) is 0 Å². The Morgan fingerprint density at radius 1 is 1.19 bits per heavy atom. The summed E-state index contributed by atoms with van der Waals surface area (Å²) in [7, 11) is 0. The molecule has 10 heteroatoms. The minimum Gasteiger partial charge on any atom is -0.319 e. The number of halogens is 3. The van der Waals surface area contributed by atoms with Crippen LogP contribution in [-0.4, -0.2) is 15.4 Å². The van der Waals surface area contributed by atoms with E-state index >= 15 is 0 Å². The van der Waals surface area contributed by atoms with E-state index in [-0.39, 0.29) is 27.0 Å². The molecule has 3 aromatic rings. The van der Waals surface area contributed by atoms with Crippen LogP contribution in [0.15, 0.2) is 52.5 Å². The van der Waals surface area contributed by atoms with Crippen molar-refractivity contribution in [3.05, 3.63) is 89.6 Å². The Balaban J connectivity index is 1.94. The van der Waals surface area contributed by atoms with Crippen LogP contribution >= 0.6 is 39.1 Å². The van der Waals surface area contributed by atoms with Crippen LogP contribution in [0.25, 0.3) is 11.8 Å². The third-order valence-corrected chi connectivity index (χ3v) is 5.82. The lowest BCUT2D eigenvalue weighted by Gasteiger charge is -2.10. The van der Waals surface area contributed by atoms with E-state index in [1.54, 1.807) is 0 Å². The lowest BCUT2D eigenvalue weighted by Crippen LogP contribution is -2.14. The molecule has 1 heterocycles. The first kappa shape index (κ1) is 23.5. The quantitative estimate of drug-likeness (QED) is 0.172. The van der Waals surface area contributed by atoms with Gasteiger partial charge in [0.15, 0.2) is 0 Å². The van der Waals surface area contributed by atoms with Crippen molar-refractivity contribution >= 4 is 62.5 Å². The van der Waals surface area contributed by atoms with E-state index in [9.17, 15) is 20.2 Å². The predicted molar refractivity (Wildman–Crippen MR) is 128 cm³/mol. The smallest absolute Gasteiger partial charge is 0.272 e. The number of benzene rings is 2. The van der Waals surface area contributed by atoms with Gasteiger partial charge in [0.25, 0.3) is 11.6 Å². The number of anilines is 1. The highest BCUT2D eigenvalue weighted by atomic mass is 79.9. The van der Waals surface area contributed by atoms with Gasteiger partial charge in [0.2, 0.25) is 0 Å². The number of carbonyl (C=O) groups excluding carboxylic acids is 1. The standard InChI is InChI=1S/C22H15BrCl2N4O3/c1-12-7-14(13(2)28(12)17-5-3-16(23)4-6-17)8-15(11-26)22(30)27-21-19(24)9-18(29(31)32)10-20(21)25/h3-10H,1-2H3,(H,27,30)/b15-8+. The van der Waals surface area contributed by atoms with E-state index in [1.807, 2.05) is 54.8 Å². The number of aryl methyl sites for hydroxylation is 1. The number of non-ortho nitro benzene ring substituents is 1. The van der Waals surface area contributed by atoms with Crippen LogP contribution in [0.5, 0.6) is 0 Å². The highest BCUT2D eigenvalue weighted by Gasteiger charge is 2.19. The van der Waals surface area contributed by atoms with Crippen molar-refractivity contribution in [3.63, 3.8) is 0 Å². The molecule has 32 heavy (non-hydrogen) atoms. The Morgan fingerprint density at radius 2 is 1.78 bits per heavy atom. The van der Waals surface area contributed by atoms with E-state index in [2.05, 4.69) is 21.2 Å². The number of amides is 1. The van der Waals surface area contributed by atoms with E-state index in [0.29, 0.717) is 5.56 Å². The molecule has 1 aromatic heterocycles. The van der Waals surface area contributed by atoms with Gasteiger partial charge >= 0.3 is 0 Å². The molecule has 1 N–H and O–H groups in total. The molecule has 0 bridgehead atoms. The topological polar surface area (TPSA) is 101 Å². The van der Waals surface area contributed by atoms with Gasteiger partial charge < -0.3 is 9.88 Å². The van der Waals surface area contributed by atoms with Gasteiger partial charge in [-0.2, -0.15) is 5.26 Å². The van der Waals surface area contributed by atoms with Crippen molar-refractivity contribution in [2.45, 2.75) is 13.8 Å². The monoisotopic (exact) mass is 532 g/mol. The summed E-state index contributed by atoms with van der Waals surface area (Å²) >= 11 is 15.5. The Morgan fingerprint density at radius 3 is 2.31 bits per heavy atom. The fourth-order valence-corrected chi connectivity index (χ4v) is 4.03. The first-order valence-corrected chi connectivity index (χ1v) is 10.7. The van der Waals surface area contributed by atoms with Gasteiger partial charge in [0, 0.05) is 33.7 Å². The van der Waals surface area contributed by atoms with Crippen molar-refractivity contribution in [2.24, 2.45) is 0 Å². The molecule has 0 atom stereocenters. The number of nitrogens with zero attached hydrogens (tertiary/aromatic N) is 3. The zero-order chi connectivity index (χ0) is 23.6. The molecule has 0 spiro atoms. The fourth-order valence-electron chi connectivity index (χ4n) is 3.19. The molecule has 0 unspecified atom stereocenters. The van der Waals surface area contributed by atoms with Crippen LogP contribution < -0.4 is 5.32 Å². The maximum atomic E-state index is 12.7. The van der Waals surface area contributed by atoms with E-state index < -0.39 is 10.8 Å². The van der Waals surface area contributed by atoms with Gasteiger partial charge in [-0.25, -0.2) is 0 Å². The van der Waals surface area contributed by atoms with Crippen LogP contribution in [0.2, 0.25) is 10.0 Å². The average molecular weight is 534 g/mol. The van der Waals surface area contributed by atoms with Crippen LogP contribution in [0.1, 0.15) is 17.0 Å². The molecule has 0 aliphatic rings. The lowest BCUT2D eigenvalue weighted by molar-refractivity contribution is -0.384. The number of hydrogen-bond donors (Lipinski definition) is 1. The molecule has 0 fully saturated rings. The molecular weight excluding hydrogens is 519 g/mol. The van der Waals surface area contributed by atoms with Gasteiger partial charge in [0.1, 0.15) is 11.6 Å². The van der Waals surface area contributed by atoms with E-state index in [0.717, 1.165) is 33.7 Å². The summed E-state index contributed by atoms with van der Waals surface area (Å²) in [5.41, 5.74) is 2.91. The summed E-state index contributed by atoms with van der Waals surface area (Å²) in [4.78, 5) is 23.0. The number of rotatable bonds is 5. The number of nitrogens with one attached hydrogen (secondary N) is 1. The number of hydrogen-bond acceptors (Lipinski definition) is 4.